The van der Waals surface area contributed by atoms with E-state index in [9.17, 15) is 8.42 Å². The summed E-state index contributed by atoms with van der Waals surface area (Å²) in [5.74, 6) is 1.09. The topological polar surface area (TPSA) is 75.6 Å². The SMILES string of the molecule is CN(C)c1cncc(OC2CCN(S(=O)(=O)c3ccc4ccccc4c3)C2)n1. The Kier molecular flexibility index (Phi) is 4.91. The molecule has 3 aromatic rings. The van der Waals surface area contributed by atoms with E-state index in [2.05, 4.69) is 9.97 Å². The van der Waals surface area contributed by atoms with Crippen molar-refractivity contribution >= 4 is 26.6 Å². The summed E-state index contributed by atoms with van der Waals surface area (Å²) in [6.45, 7) is 0.712. The van der Waals surface area contributed by atoms with Crippen molar-refractivity contribution in [2.24, 2.45) is 0 Å². The lowest BCUT2D eigenvalue weighted by Crippen LogP contribution is -2.31. The monoisotopic (exact) mass is 398 g/mol. The van der Waals surface area contributed by atoms with Crippen LogP contribution in [0.15, 0.2) is 59.8 Å². The highest BCUT2D eigenvalue weighted by Gasteiger charge is 2.34. The molecule has 1 atom stereocenters. The fourth-order valence-corrected chi connectivity index (χ4v) is 4.79. The number of aromatic nitrogens is 2. The molecule has 146 valence electrons. The van der Waals surface area contributed by atoms with Crippen LogP contribution >= 0.6 is 0 Å². The van der Waals surface area contributed by atoms with E-state index in [1.807, 2.05) is 49.3 Å². The molecule has 0 radical (unpaired) electrons. The van der Waals surface area contributed by atoms with E-state index in [1.54, 1.807) is 24.5 Å². The highest BCUT2D eigenvalue weighted by Crippen LogP contribution is 2.26. The molecular formula is C20H22N4O3S. The number of hydrogen-bond acceptors (Lipinski definition) is 6. The Balaban J connectivity index is 1.50. The summed E-state index contributed by atoms with van der Waals surface area (Å²) in [5.41, 5.74) is 0. The maximum Gasteiger partial charge on any atom is 0.243 e. The van der Waals surface area contributed by atoms with Gasteiger partial charge in [-0.3, -0.25) is 4.98 Å². The quantitative estimate of drug-likeness (QED) is 0.657. The van der Waals surface area contributed by atoms with Gasteiger partial charge in [0.2, 0.25) is 15.9 Å². The molecule has 1 saturated heterocycles. The molecule has 8 heteroatoms. The van der Waals surface area contributed by atoms with E-state index in [1.165, 1.54) is 4.31 Å². The van der Waals surface area contributed by atoms with Crippen molar-refractivity contribution in [3.8, 4) is 5.88 Å². The van der Waals surface area contributed by atoms with Gasteiger partial charge in [-0.1, -0.05) is 30.3 Å². The minimum atomic E-state index is -3.57. The summed E-state index contributed by atoms with van der Waals surface area (Å²) in [4.78, 5) is 10.7. The van der Waals surface area contributed by atoms with E-state index < -0.39 is 10.0 Å². The predicted octanol–water partition coefficient (Wildman–Crippen LogP) is 2.54. The summed E-state index contributed by atoms with van der Waals surface area (Å²) in [7, 11) is 0.185. The molecule has 28 heavy (non-hydrogen) atoms. The molecule has 1 aliphatic rings. The standard InChI is InChI=1S/C20H22N4O3S/c1-23(2)19-12-21-13-20(22-19)27-17-9-10-24(14-17)28(25,26)18-8-7-15-5-3-4-6-16(15)11-18/h3-8,11-13,17H,9-10,14H2,1-2H3. The normalized spacial score (nSPS) is 17.7. The van der Waals surface area contributed by atoms with Gasteiger partial charge in [0.15, 0.2) is 5.82 Å². The van der Waals surface area contributed by atoms with Crippen LogP contribution in [0.25, 0.3) is 10.8 Å². The summed E-state index contributed by atoms with van der Waals surface area (Å²) >= 11 is 0. The third kappa shape index (κ3) is 3.65. The van der Waals surface area contributed by atoms with Crippen LogP contribution < -0.4 is 9.64 Å². The largest absolute Gasteiger partial charge is 0.472 e. The lowest BCUT2D eigenvalue weighted by molar-refractivity contribution is 0.206. The highest BCUT2D eigenvalue weighted by molar-refractivity contribution is 7.89. The van der Waals surface area contributed by atoms with Crippen LogP contribution in [0.2, 0.25) is 0 Å². The van der Waals surface area contributed by atoms with E-state index in [4.69, 9.17) is 4.74 Å². The first-order chi connectivity index (χ1) is 13.4. The Hall–Kier alpha value is -2.71. The van der Waals surface area contributed by atoms with Gasteiger partial charge in [0, 0.05) is 20.6 Å². The maximum absolute atomic E-state index is 13.1. The fraction of sp³-hybridized carbons (Fsp3) is 0.300. The van der Waals surface area contributed by atoms with Gasteiger partial charge in [-0.15, -0.1) is 0 Å². The zero-order valence-electron chi connectivity index (χ0n) is 15.8. The Labute approximate surface area is 164 Å². The predicted molar refractivity (Wildman–Crippen MR) is 108 cm³/mol. The minimum Gasteiger partial charge on any atom is -0.472 e. The second-order valence-electron chi connectivity index (χ2n) is 7.01. The number of anilines is 1. The third-order valence-corrected chi connectivity index (χ3v) is 6.67. The van der Waals surface area contributed by atoms with Crippen LogP contribution in [-0.2, 0) is 10.0 Å². The molecule has 0 spiro atoms. The summed E-state index contributed by atoms with van der Waals surface area (Å²) < 4.78 is 33.5. The zero-order chi connectivity index (χ0) is 19.7. The Bertz CT molecular complexity index is 1100. The molecular weight excluding hydrogens is 376 g/mol. The van der Waals surface area contributed by atoms with Crippen molar-refractivity contribution in [1.29, 1.82) is 0 Å². The van der Waals surface area contributed by atoms with Crippen LogP contribution in [-0.4, -0.2) is 56.0 Å². The summed E-state index contributed by atoms with van der Waals surface area (Å²) in [6.07, 6.45) is 3.56. The maximum atomic E-state index is 13.1. The summed E-state index contributed by atoms with van der Waals surface area (Å²) in [6, 6.07) is 13.0. The number of fused-ring (bicyclic) bond motifs is 1. The van der Waals surface area contributed by atoms with E-state index in [-0.39, 0.29) is 6.10 Å². The van der Waals surface area contributed by atoms with Gasteiger partial charge in [0.05, 0.1) is 23.8 Å². The molecule has 7 nitrogen and oxygen atoms in total. The first-order valence-corrected chi connectivity index (χ1v) is 10.5. The molecule has 4 rings (SSSR count). The van der Waals surface area contributed by atoms with Gasteiger partial charge < -0.3 is 9.64 Å². The van der Waals surface area contributed by atoms with Crippen LogP contribution in [0, 0.1) is 0 Å². The molecule has 0 N–H and O–H groups in total. The Morgan fingerprint density at radius 1 is 1.11 bits per heavy atom. The smallest absolute Gasteiger partial charge is 0.243 e. The lowest BCUT2D eigenvalue weighted by Gasteiger charge is -2.18. The van der Waals surface area contributed by atoms with Crippen LogP contribution in [0.4, 0.5) is 5.82 Å². The van der Waals surface area contributed by atoms with Crippen LogP contribution in [0.1, 0.15) is 6.42 Å². The van der Waals surface area contributed by atoms with Gasteiger partial charge in [-0.2, -0.15) is 9.29 Å². The van der Waals surface area contributed by atoms with Crippen molar-refractivity contribution in [2.75, 3.05) is 32.1 Å². The summed E-state index contributed by atoms with van der Waals surface area (Å²) in [5, 5.41) is 1.93. The van der Waals surface area contributed by atoms with E-state index in [0.717, 1.165) is 10.8 Å². The van der Waals surface area contributed by atoms with Crippen molar-refractivity contribution in [2.45, 2.75) is 17.4 Å². The molecule has 0 aliphatic carbocycles. The van der Waals surface area contributed by atoms with Gasteiger partial charge in [-0.25, -0.2) is 8.42 Å². The Morgan fingerprint density at radius 2 is 1.89 bits per heavy atom. The number of ether oxygens (including phenoxy) is 1. The molecule has 2 aromatic carbocycles. The van der Waals surface area contributed by atoms with Crippen LogP contribution in [0.3, 0.4) is 0 Å². The van der Waals surface area contributed by atoms with E-state index in [0.29, 0.717) is 36.1 Å². The minimum absolute atomic E-state index is 0.248. The molecule has 2 heterocycles. The number of hydrogen-bond donors (Lipinski definition) is 0. The first kappa shape index (κ1) is 18.6. The van der Waals surface area contributed by atoms with Crippen molar-refractivity contribution in [3.63, 3.8) is 0 Å². The second-order valence-corrected chi connectivity index (χ2v) is 8.95. The molecule has 0 bridgehead atoms. The van der Waals surface area contributed by atoms with Gasteiger partial charge in [0.25, 0.3) is 0 Å². The van der Waals surface area contributed by atoms with Gasteiger partial charge in [0.1, 0.15) is 6.10 Å². The molecule has 0 saturated carbocycles. The molecule has 1 aliphatic heterocycles. The first-order valence-electron chi connectivity index (χ1n) is 9.08. The highest BCUT2D eigenvalue weighted by atomic mass is 32.2. The zero-order valence-corrected chi connectivity index (χ0v) is 16.6. The van der Waals surface area contributed by atoms with Crippen molar-refractivity contribution in [1.82, 2.24) is 14.3 Å². The van der Waals surface area contributed by atoms with Crippen LogP contribution in [0.5, 0.6) is 5.88 Å². The lowest BCUT2D eigenvalue weighted by atomic mass is 10.1. The number of sulfonamides is 1. The average Bonchev–Trinajstić information content (AvgIpc) is 3.17. The molecule has 1 fully saturated rings. The molecule has 1 aromatic heterocycles. The molecule has 0 amide bonds. The Morgan fingerprint density at radius 3 is 2.68 bits per heavy atom. The van der Waals surface area contributed by atoms with Crippen molar-refractivity contribution in [3.05, 3.63) is 54.9 Å². The molecule has 1 unspecified atom stereocenters. The number of nitrogens with zero attached hydrogens (tertiary/aromatic N) is 4. The van der Waals surface area contributed by atoms with Gasteiger partial charge in [-0.05, 0) is 29.3 Å². The van der Waals surface area contributed by atoms with Gasteiger partial charge >= 0.3 is 0 Å². The number of benzene rings is 2. The number of rotatable bonds is 5. The third-order valence-electron chi connectivity index (χ3n) is 4.81. The average molecular weight is 398 g/mol. The fourth-order valence-electron chi connectivity index (χ4n) is 3.27. The van der Waals surface area contributed by atoms with Crippen molar-refractivity contribution < 1.29 is 13.2 Å². The van der Waals surface area contributed by atoms with E-state index >= 15 is 0 Å². The second kappa shape index (κ2) is 7.37.